The van der Waals surface area contributed by atoms with Gasteiger partial charge in [0.25, 0.3) is 0 Å². The highest BCUT2D eigenvalue weighted by atomic mass is 16.5. The van der Waals surface area contributed by atoms with Gasteiger partial charge in [-0.05, 0) is 34.4 Å². The molecule has 2 amide bonds. The van der Waals surface area contributed by atoms with Crippen LogP contribution in [0.25, 0.3) is 0 Å². The van der Waals surface area contributed by atoms with Crippen LogP contribution in [0.15, 0.2) is 72.8 Å². The van der Waals surface area contributed by atoms with Crippen LogP contribution >= 0.6 is 0 Å². The summed E-state index contributed by atoms with van der Waals surface area (Å²) in [6.07, 6.45) is 0. The smallest absolute Gasteiger partial charge is 0.238 e. The number of hydrogen-bond donors (Lipinski definition) is 0. The topological polar surface area (TPSA) is 46.6 Å². The van der Waals surface area contributed by atoms with E-state index in [1.54, 1.807) is 19.2 Å². The molecule has 1 fully saturated rings. The molecule has 2 atom stereocenters. The van der Waals surface area contributed by atoms with Crippen molar-refractivity contribution in [3.8, 4) is 5.75 Å². The lowest BCUT2D eigenvalue weighted by atomic mass is 9.48. The van der Waals surface area contributed by atoms with Gasteiger partial charge < -0.3 is 4.74 Å². The molecule has 1 aliphatic heterocycles. The summed E-state index contributed by atoms with van der Waals surface area (Å²) in [4.78, 5) is 29.0. The third-order valence-corrected chi connectivity index (χ3v) is 7.35. The molecule has 4 heteroatoms. The predicted molar refractivity (Wildman–Crippen MR) is 114 cm³/mol. The van der Waals surface area contributed by atoms with Crippen molar-refractivity contribution < 1.29 is 14.3 Å². The van der Waals surface area contributed by atoms with Crippen LogP contribution in [-0.4, -0.2) is 18.9 Å². The quantitative estimate of drug-likeness (QED) is 0.609. The molecule has 4 aliphatic rings. The summed E-state index contributed by atoms with van der Waals surface area (Å²) in [7, 11) is 1.58. The molecular weight excluding hydrogens is 374 g/mol. The second kappa shape index (κ2) is 5.82. The molecule has 0 radical (unpaired) electrons. The number of benzene rings is 3. The minimum Gasteiger partial charge on any atom is -0.497 e. The van der Waals surface area contributed by atoms with Crippen LogP contribution in [0.3, 0.4) is 0 Å². The zero-order chi connectivity index (χ0) is 20.6. The van der Waals surface area contributed by atoms with Crippen LogP contribution in [0.4, 0.5) is 5.69 Å². The van der Waals surface area contributed by atoms with Crippen LogP contribution in [0.5, 0.6) is 5.75 Å². The van der Waals surface area contributed by atoms with Gasteiger partial charge in [0, 0.05) is 17.4 Å². The van der Waals surface area contributed by atoms with Crippen molar-refractivity contribution in [3.05, 3.63) is 95.1 Å². The van der Waals surface area contributed by atoms with Gasteiger partial charge >= 0.3 is 0 Å². The second-order valence-corrected chi connectivity index (χ2v) is 8.57. The van der Waals surface area contributed by atoms with Crippen molar-refractivity contribution >= 4 is 17.5 Å². The zero-order valence-electron chi connectivity index (χ0n) is 16.8. The first-order valence-electron chi connectivity index (χ1n) is 10.3. The molecule has 3 aromatic carbocycles. The largest absolute Gasteiger partial charge is 0.497 e. The molecule has 2 bridgehead atoms. The summed E-state index contributed by atoms with van der Waals surface area (Å²) >= 11 is 0. The van der Waals surface area contributed by atoms with Crippen molar-refractivity contribution in [2.24, 2.45) is 11.8 Å². The number of amides is 2. The average molecular weight is 395 g/mol. The Bertz CT molecular complexity index is 1180. The van der Waals surface area contributed by atoms with Crippen molar-refractivity contribution in [1.82, 2.24) is 0 Å². The Kier molecular flexibility index (Phi) is 3.39. The van der Waals surface area contributed by atoms with E-state index in [4.69, 9.17) is 4.74 Å². The number of ether oxygens (including phenoxy) is 1. The number of carbonyl (C=O) groups excluding carboxylic acids is 2. The monoisotopic (exact) mass is 395 g/mol. The van der Waals surface area contributed by atoms with E-state index < -0.39 is 17.3 Å². The zero-order valence-corrected chi connectivity index (χ0v) is 16.8. The predicted octanol–water partition coefficient (Wildman–Crippen LogP) is 4.27. The van der Waals surface area contributed by atoms with E-state index in [1.165, 1.54) is 27.2 Å². The van der Waals surface area contributed by atoms with Gasteiger partial charge in [-0.3, -0.25) is 9.59 Å². The van der Waals surface area contributed by atoms with Crippen LogP contribution in [0, 0.1) is 11.8 Å². The van der Waals surface area contributed by atoms with Crippen molar-refractivity contribution in [3.63, 3.8) is 0 Å². The lowest BCUT2D eigenvalue weighted by molar-refractivity contribution is -0.123. The minimum atomic E-state index is -0.535. The fourth-order valence-electron chi connectivity index (χ4n) is 6.15. The fraction of sp³-hybridized carbons (Fsp3) is 0.231. The highest BCUT2D eigenvalue weighted by Crippen LogP contribution is 2.64. The minimum absolute atomic E-state index is 0.101. The molecule has 3 aromatic rings. The number of nitrogens with zero attached hydrogens (tertiary/aromatic N) is 1. The first-order valence-corrected chi connectivity index (χ1v) is 10.3. The number of hydrogen-bond acceptors (Lipinski definition) is 3. The Labute approximate surface area is 175 Å². The summed E-state index contributed by atoms with van der Waals surface area (Å²) in [6.45, 7) is 2.14. The van der Waals surface area contributed by atoms with E-state index in [0.29, 0.717) is 11.4 Å². The molecule has 0 aromatic heterocycles. The van der Waals surface area contributed by atoms with E-state index in [1.807, 2.05) is 36.4 Å². The summed E-state index contributed by atoms with van der Waals surface area (Å²) in [6, 6.07) is 23.8. The first kappa shape index (κ1) is 17.5. The van der Waals surface area contributed by atoms with Crippen LogP contribution in [-0.2, 0) is 15.0 Å². The second-order valence-electron chi connectivity index (χ2n) is 8.57. The van der Waals surface area contributed by atoms with Crippen molar-refractivity contribution in [1.29, 1.82) is 0 Å². The number of anilines is 1. The van der Waals surface area contributed by atoms with Crippen LogP contribution in [0.2, 0.25) is 0 Å². The SMILES string of the molecule is COc1cccc(N2C(=O)[C@@H]3C4c5ccccc5C(C)(c5ccccc54)[C@H]3C2=O)c1. The van der Waals surface area contributed by atoms with Crippen molar-refractivity contribution in [2.45, 2.75) is 18.3 Å². The normalized spacial score (nSPS) is 28.2. The van der Waals surface area contributed by atoms with Crippen molar-refractivity contribution in [2.75, 3.05) is 12.0 Å². The number of methoxy groups -OCH3 is 1. The third-order valence-electron chi connectivity index (χ3n) is 7.35. The molecule has 3 aliphatic carbocycles. The van der Waals surface area contributed by atoms with Gasteiger partial charge in [0.15, 0.2) is 0 Å². The third kappa shape index (κ3) is 1.91. The Morgan fingerprint density at radius 2 is 1.47 bits per heavy atom. The average Bonchev–Trinajstić information content (AvgIpc) is 3.06. The van der Waals surface area contributed by atoms with E-state index in [9.17, 15) is 9.59 Å². The van der Waals surface area contributed by atoms with Gasteiger partial charge in [-0.2, -0.15) is 0 Å². The van der Waals surface area contributed by atoms with Gasteiger partial charge in [0.05, 0.1) is 24.6 Å². The highest BCUT2D eigenvalue weighted by Gasteiger charge is 2.66. The summed E-state index contributed by atoms with van der Waals surface area (Å²) in [5.74, 6) is -0.502. The Hall–Kier alpha value is -3.40. The summed E-state index contributed by atoms with van der Waals surface area (Å²) < 4.78 is 5.33. The molecular formula is C26H21NO3. The number of rotatable bonds is 2. The molecule has 7 rings (SSSR count). The molecule has 0 spiro atoms. The van der Waals surface area contributed by atoms with E-state index in [2.05, 4.69) is 31.2 Å². The molecule has 0 unspecified atom stereocenters. The first-order chi connectivity index (χ1) is 14.6. The lowest BCUT2D eigenvalue weighted by Crippen LogP contribution is -2.51. The number of carbonyl (C=O) groups is 2. The van der Waals surface area contributed by atoms with E-state index in [-0.39, 0.29) is 17.7 Å². The number of imide groups is 1. The van der Waals surface area contributed by atoms with E-state index >= 15 is 0 Å². The maximum Gasteiger partial charge on any atom is 0.238 e. The van der Waals surface area contributed by atoms with Gasteiger partial charge in [0.2, 0.25) is 11.8 Å². The lowest BCUT2D eigenvalue weighted by Gasteiger charge is -2.52. The molecule has 1 heterocycles. The van der Waals surface area contributed by atoms with Gasteiger partial charge in [-0.15, -0.1) is 0 Å². The molecule has 148 valence electrons. The molecule has 0 saturated carbocycles. The van der Waals surface area contributed by atoms with Gasteiger partial charge in [0.1, 0.15) is 5.75 Å². The summed E-state index contributed by atoms with van der Waals surface area (Å²) in [5, 5.41) is 0. The fourth-order valence-corrected chi connectivity index (χ4v) is 6.15. The highest BCUT2D eigenvalue weighted by molar-refractivity contribution is 6.23. The Morgan fingerprint density at radius 1 is 0.833 bits per heavy atom. The Balaban J connectivity index is 1.60. The standard InChI is InChI=1S/C26H21NO3/c1-26-19-12-5-3-10-17(19)21(18-11-4-6-13-20(18)26)22-23(26)25(29)27(24(22)28)15-8-7-9-16(14-15)30-2/h3-14,21-23H,1-2H3/t21?,22-,23-,26?/m1/s1. The van der Waals surface area contributed by atoms with Crippen LogP contribution in [0.1, 0.15) is 35.1 Å². The summed E-state index contributed by atoms with van der Waals surface area (Å²) in [5.41, 5.74) is 4.73. The van der Waals surface area contributed by atoms with E-state index in [0.717, 1.165) is 0 Å². The van der Waals surface area contributed by atoms with Gasteiger partial charge in [-0.1, -0.05) is 61.5 Å². The van der Waals surface area contributed by atoms with Crippen LogP contribution < -0.4 is 9.64 Å². The Morgan fingerprint density at radius 3 is 2.10 bits per heavy atom. The maximum atomic E-state index is 13.8. The van der Waals surface area contributed by atoms with Gasteiger partial charge in [-0.25, -0.2) is 4.90 Å². The molecule has 4 nitrogen and oxygen atoms in total. The maximum absolute atomic E-state index is 13.8. The molecule has 0 N–H and O–H groups in total. The molecule has 1 saturated heterocycles. The molecule has 30 heavy (non-hydrogen) atoms.